The number of nitrogens with zero attached hydrogens (tertiary/aromatic N) is 1. The summed E-state index contributed by atoms with van der Waals surface area (Å²) in [6, 6.07) is 7.15. The third-order valence-electron chi connectivity index (χ3n) is 5.04. The Hall–Kier alpha value is -2.54. The van der Waals surface area contributed by atoms with Gasteiger partial charge >= 0.3 is 19.4 Å². The zero-order valence-electron chi connectivity index (χ0n) is 18.8. The fourth-order valence-electron chi connectivity index (χ4n) is 3.29. The molecule has 1 aliphatic heterocycles. The number of aliphatic hydroxyl groups excluding tert-OH is 1. The van der Waals surface area contributed by atoms with Gasteiger partial charge < -0.3 is 19.1 Å². The quantitative estimate of drug-likeness (QED) is 0.283. The average molecular weight is 574 g/mol. The van der Waals surface area contributed by atoms with Crippen molar-refractivity contribution in [1.29, 1.82) is 0 Å². The number of ether oxygens (including phenoxy) is 2. The minimum absolute atomic E-state index is 0.00722. The first-order valence-corrected chi connectivity index (χ1v) is 12.9. The van der Waals surface area contributed by atoms with E-state index in [1.54, 1.807) is 30.3 Å². The summed E-state index contributed by atoms with van der Waals surface area (Å²) in [5, 5.41) is 13.0. The number of hydrogen-bond donors (Lipinski definition) is 3. The van der Waals surface area contributed by atoms with Gasteiger partial charge in [-0.05, 0) is 30.1 Å². The molecule has 1 aromatic carbocycles. The Kier molecular flexibility index (Phi) is 9.22. The number of aromatic amines is 1. The molecule has 0 saturated carbocycles. The molecule has 14 heteroatoms. The molecule has 1 unspecified atom stereocenters. The molecular weight excluding hydrogens is 549 g/mol. The lowest BCUT2D eigenvalue weighted by Crippen LogP contribution is -2.36. The molecule has 2 aromatic rings. The van der Waals surface area contributed by atoms with E-state index in [0.29, 0.717) is 0 Å². The summed E-state index contributed by atoms with van der Waals surface area (Å²) in [7, 11) is -2.95. The van der Waals surface area contributed by atoms with Gasteiger partial charge in [-0.2, -0.15) is 5.09 Å². The topological polar surface area (TPSA) is 158 Å². The zero-order valence-corrected chi connectivity index (χ0v) is 21.3. The van der Waals surface area contributed by atoms with Crippen LogP contribution < -0.4 is 20.9 Å². The van der Waals surface area contributed by atoms with Gasteiger partial charge in [0, 0.05) is 12.6 Å². The third kappa shape index (κ3) is 7.00. The number of H-pyrrole nitrogens is 1. The van der Waals surface area contributed by atoms with Crippen LogP contribution in [0.4, 0.5) is 0 Å². The van der Waals surface area contributed by atoms with Gasteiger partial charge in [-0.15, -0.1) is 0 Å². The van der Waals surface area contributed by atoms with Crippen LogP contribution in [0.1, 0.15) is 25.1 Å². The molecule has 0 bridgehead atoms. The summed E-state index contributed by atoms with van der Waals surface area (Å²) >= 11 is 3.08. The first-order chi connectivity index (χ1) is 16.7. The highest BCUT2D eigenvalue weighted by molar-refractivity contribution is 9.11. The number of para-hydroxylation sites is 1. The van der Waals surface area contributed by atoms with E-state index < -0.39 is 56.0 Å². The number of hydrogen-bond acceptors (Lipinski definition) is 9. The molecule has 5 atom stereocenters. The summed E-state index contributed by atoms with van der Waals surface area (Å²) in [4.78, 5) is 39.7. The smallest absolute Gasteiger partial charge is 0.459 e. The second-order valence-electron chi connectivity index (χ2n) is 7.55. The molecular formula is C21H25BrN3O9P. The number of esters is 1. The Morgan fingerprint density at radius 1 is 1.40 bits per heavy atom. The number of aromatic nitrogens is 2. The summed E-state index contributed by atoms with van der Waals surface area (Å²) in [6.45, 7) is 1.03. The van der Waals surface area contributed by atoms with Crippen molar-refractivity contribution in [2.45, 2.75) is 37.8 Å². The van der Waals surface area contributed by atoms with Crippen LogP contribution in [-0.2, 0) is 23.4 Å². The molecule has 2 heterocycles. The van der Waals surface area contributed by atoms with Gasteiger partial charge in [-0.25, -0.2) is 9.36 Å². The molecule has 3 N–H and O–H groups in total. The lowest BCUT2D eigenvalue weighted by Gasteiger charge is -2.24. The fourth-order valence-corrected chi connectivity index (χ4v) is 5.07. The second kappa shape index (κ2) is 11.9. The van der Waals surface area contributed by atoms with Crippen molar-refractivity contribution in [2.75, 3.05) is 13.7 Å². The van der Waals surface area contributed by atoms with Gasteiger partial charge in [0.2, 0.25) is 0 Å². The Labute approximate surface area is 208 Å². The molecule has 3 rings (SSSR count). The number of aliphatic hydroxyl groups is 1. The second-order valence-corrected chi connectivity index (χ2v) is 9.77. The van der Waals surface area contributed by atoms with Crippen molar-refractivity contribution in [3.63, 3.8) is 0 Å². The summed E-state index contributed by atoms with van der Waals surface area (Å²) in [5.74, 6) is -0.466. The van der Waals surface area contributed by atoms with E-state index in [2.05, 4.69) is 30.7 Å². The van der Waals surface area contributed by atoms with E-state index >= 15 is 0 Å². The highest BCUT2D eigenvalue weighted by Crippen LogP contribution is 2.45. The van der Waals surface area contributed by atoms with Crippen LogP contribution in [-0.4, -0.2) is 52.6 Å². The molecule has 12 nitrogen and oxygen atoms in total. The van der Waals surface area contributed by atoms with Crippen LogP contribution in [0.2, 0.25) is 0 Å². The molecule has 1 saturated heterocycles. The first kappa shape index (κ1) is 27.1. The van der Waals surface area contributed by atoms with Crippen LogP contribution >= 0.6 is 23.7 Å². The molecule has 0 aliphatic carbocycles. The summed E-state index contributed by atoms with van der Waals surface area (Å²) in [5.41, 5.74) is -1.10. The lowest BCUT2D eigenvalue weighted by atomic mass is 10.2. The van der Waals surface area contributed by atoms with E-state index in [-0.39, 0.29) is 17.7 Å². The minimum atomic E-state index is -4.14. The number of methoxy groups -OCH3 is 1. The van der Waals surface area contributed by atoms with Crippen LogP contribution in [0.25, 0.3) is 6.08 Å². The Morgan fingerprint density at radius 3 is 2.77 bits per heavy atom. The maximum atomic E-state index is 13.4. The van der Waals surface area contributed by atoms with Crippen molar-refractivity contribution >= 4 is 35.7 Å². The van der Waals surface area contributed by atoms with Gasteiger partial charge in [0.15, 0.2) is 0 Å². The number of carbonyl (C=O) groups is 1. The molecule has 0 amide bonds. The maximum Gasteiger partial charge on any atom is 0.459 e. The number of carbonyl (C=O) groups excluding carboxylic acids is 1. The normalized spacial score (nSPS) is 22.6. The van der Waals surface area contributed by atoms with Crippen molar-refractivity contribution < 1.29 is 33.0 Å². The van der Waals surface area contributed by atoms with Crippen molar-refractivity contribution in [3.8, 4) is 5.75 Å². The molecule has 1 aliphatic rings. The summed E-state index contributed by atoms with van der Waals surface area (Å²) in [6.07, 6.45) is -0.224. The largest absolute Gasteiger partial charge is 0.468 e. The summed E-state index contributed by atoms with van der Waals surface area (Å²) < 4.78 is 36.0. The molecule has 190 valence electrons. The molecule has 0 spiro atoms. The van der Waals surface area contributed by atoms with E-state index in [1.165, 1.54) is 31.3 Å². The van der Waals surface area contributed by atoms with E-state index in [1.807, 2.05) is 0 Å². The number of nitrogens with one attached hydrogen (secondary N) is 2. The minimum Gasteiger partial charge on any atom is -0.468 e. The predicted octanol–water partition coefficient (Wildman–Crippen LogP) is 1.91. The lowest BCUT2D eigenvalue weighted by molar-refractivity contribution is -0.142. The number of halogens is 1. The number of rotatable bonds is 10. The van der Waals surface area contributed by atoms with Gasteiger partial charge in [0.25, 0.3) is 5.56 Å². The van der Waals surface area contributed by atoms with Crippen LogP contribution in [0, 0.1) is 0 Å². The van der Waals surface area contributed by atoms with Crippen LogP contribution in [0.5, 0.6) is 5.75 Å². The first-order valence-electron chi connectivity index (χ1n) is 10.5. The average Bonchev–Trinajstić information content (AvgIpc) is 3.19. The van der Waals surface area contributed by atoms with Crippen molar-refractivity contribution in [2.24, 2.45) is 0 Å². The SMILES string of the molecule is COC(=O)[C@H](C)NP(=O)(OC[C@H]1O[C@H](n2cc(/C=C/Br)c(=O)[nH]c2=O)C[C@@H]1O)Oc1ccccc1. The highest BCUT2D eigenvalue weighted by atomic mass is 79.9. The van der Waals surface area contributed by atoms with Gasteiger partial charge in [-0.3, -0.25) is 23.7 Å². The molecule has 35 heavy (non-hydrogen) atoms. The van der Waals surface area contributed by atoms with E-state index in [9.17, 15) is 24.1 Å². The predicted molar refractivity (Wildman–Crippen MR) is 129 cm³/mol. The van der Waals surface area contributed by atoms with E-state index in [4.69, 9.17) is 13.8 Å². The third-order valence-corrected chi connectivity index (χ3v) is 6.94. The van der Waals surface area contributed by atoms with Crippen LogP contribution in [0.15, 0.2) is 51.1 Å². The maximum absolute atomic E-state index is 13.4. The van der Waals surface area contributed by atoms with Gasteiger partial charge in [0.1, 0.15) is 24.1 Å². The number of benzene rings is 1. The Balaban J connectivity index is 1.75. The fraction of sp³-hybridized carbons (Fsp3) is 0.381. The van der Waals surface area contributed by atoms with E-state index in [0.717, 1.165) is 4.57 Å². The molecule has 1 fully saturated rings. The molecule has 0 radical (unpaired) electrons. The Morgan fingerprint density at radius 2 is 2.11 bits per heavy atom. The zero-order chi connectivity index (χ0) is 25.6. The highest BCUT2D eigenvalue weighted by Gasteiger charge is 2.39. The van der Waals surface area contributed by atoms with Gasteiger partial charge in [0.05, 0.1) is 25.4 Å². The van der Waals surface area contributed by atoms with Crippen molar-refractivity contribution in [1.82, 2.24) is 14.6 Å². The monoisotopic (exact) mass is 573 g/mol. The Bertz CT molecular complexity index is 1220. The standard InChI is InChI=1S/C21H25BrN3O9P/c1-13(20(28)31-2)24-35(30,34-15-6-4-3-5-7-15)32-12-17-16(26)10-18(33-17)25-11-14(8-9-22)19(27)23-21(25)29/h3-9,11,13,16-18,26H,10,12H2,1-2H3,(H,24,30)(H,23,27,29)/b9-8+/t13-,16-,17+,18-,35?/m0/s1. The van der Waals surface area contributed by atoms with Crippen LogP contribution in [0.3, 0.4) is 0 Å². The van der Waals surface area contributed by atoms with Gasteiger partial charge in [-0.1, -0.05) is 34.1 Å². The molecule has 1 aromatic heterocycles. The van der Waals surface area contributed by atoms with Crippen molar-refractivity contribution in [3.05, 3.63) is 67.9 Å².